The summed E-state index contributed by atoms with van der Waals surface area (Å²) in [4.78, 5) is 17.1. The average Bonchev–Trinajstić information content (AvgIpc) is 3.14. The molecular weight excluding hydrogens is 310 g/mol. The van der Waals surface area contributed by atoms with Crippen LogP contribution in [0.3, 0.4) is 0 Å². The van der Waals surface area contributed by atoms with Crippen molar-refractivity contribution < 1.29 is 4.79 Å². The molecule has 0 fully saturated rings. The highest BCUT2D eigenvalue weighted by Gasteiger charge is 2.22. The fourth-order valence-electron chi connectivity index (χ4n) is 3.33. The monoisotopic (exact) mass is 331 g/mol. The second-order valence-corrected chi connectivity index (χ2v) is 6.41. The van der Waals surface area contributed by atoms with Crippen LogP contribution in [0, 0.1) is 0 Å². The number of anilines is 1. The zero-order chi connectivity index (χ0) is 17.2. The second-order valence-electron chi connectivity index (χ2n) is 6.41. The number of para-hydroxylation sites is 1. The molecule has 4 heteroatoms. The number of fused-ring (bicyclic) bond motifs is 1. The van der Waals surface area contributed by atoms with Gasteiger partial charge in [0.2, 0.25) is 0 Å². The second kappa shape index (κ2) is 6.48. The van der Waals surface area contributed by atoms with Crippen LogP contribution in [0.15, 0.2) is 73.1 Å². The number of carbonyl (C=O) groups excluding carboxylic acids is 1. The number of rotatable bonds is 2. The Morgan fingerprint density at radius 3 is 2.36 bits per heavy atom. The summed E-state index contributed by atoms with van der Waals surface area (Å²) >= 11 is 0. The van der Waals surface area contributed by atoms with Gasteiger partial charge in [-0.3, -0.25) is 4.79 Å². The van der Waals surface area contributed by atoms with Crippen LogP contribution in [0.4, 0.5) is 5.69 Å². The van der Waals surface area contributed by atoms with Gasteiger partial charge in [-0.05, 0) is 48.0 Å². The molecule has 1 aliphatic rings. The highest BCUT2D eigenvalue weighted by Crippen LogP contribution is 2.24. The predicted molar refractivity (Wildman–Crippen MR) is 100 cm³/mol. The van der Waals surface area contributed by atoms with E-state index in [1.165, 1.54) is 11.3 Å². The molecule has 0 unspecified atom stereocenters. The maximum absolute atomic E-state index is 13.0. The highest BCUT2D eigenvalue weighted by molar-refractivity contribution is 5.94. The molecule has 0 atom stereocenters. The number of carbonyl (C=O) groups is 1. The lowest BCUT2D eigenvalue weighted by Crippen LogP contribution is -2.34. The Kier molecular flexibility index (Phi) is 4.02. The van der Waals surface area contributed by atoms with Gasteiger partial charge in [-0.2, -0.15) is 0 Å². The Bertz CT molecular complexity index is 868. The fourth-order valence-corrected chi connectivity index (χ4v) is 3.33. The quantitative estimate of drug-likeness (QED) is 0.718. The first-order valence-electron chi connectivity index (χ1n) is 8.54. The van der Waals surface area contributed by atoms with E-state index in [9.17, 15) is 4.79 Å². The molecule has 1 aromatic heterocycles. The number of nitrogens with zero attached hydrogens (tertiary/aromatic N) is 3. The molecule has 0 saturated carbocycles. The predicted octanol–water partition coefficient (Wildman–Crippen LogP) is 3.57. The molecule has 0 spiro atoms. The minimum atomic E-state index is 0.0872. The van der Waals surface area contributed by atoms with Gasteiger partial charge >= 0.3 is 0 Å². The van der Waals surface area contributed by atoms with Gasteiger partial charge in [0.1, 0.15) is 0 Å². The summed E-state index contributed by atoms with van der Waals surface area (Å²) in [5, 5.41) is 0. The van der Waals surface area contributed by atoms with Crippen molar-refractivity contribution in [2.75, 3.05) is 25.0 Å². The lowest BCUT2D eigenvalue weighted by atomic mass is 10.1. The fraction of sp³-hybridized carbons (Fsp3) is 0.190. The summed E-state index contributed by atoms with van der Waals surface area (Å²) in [6, 6.07) is 20.1. The van der Waals surface area contributed by atoms with Gasteiger partial charge in [0.25, 0.3) is 5.91 Å². The minimum Gasteiger partial charge on any atom is -0.373 e. The van der Waals surface area contributed by atoms with Gasteiger partial charge in [0.05, 0.1) is 0 Å². The van der Waals surface area contributed by atoms with Crippen LogP contribution >= 0.6 is 0 Å². The SMILES string of the molecule is CN1CCN(C(=O)c2ccc(-n3cccc3)cc2)Cc2ccccc21. The molecule has 1 amide bonds. The number of hydrogen-bond acceptors (Lipinski definition) is 2. The van der Waals surface area contributed by atoms with E-state index in [0.717, 1.165) is 24.3 Å². The first-order chi connectivity index (χ1) is 12.2. The number of hydrogen-bond donors (Lipinski definition) is 0. The smallest absolute Gasteiger partial charge is 0.254 e. The van der Waals surface area contributed by atoms with Gasteiger partial charge in [-0.15, -0.1) is 0 Å². The summed E-state index contributed by atoms with van der Waals surface area (Å²) in [5.74, 6) is 0.0872. The molecule has 4 rings (SSSR count). The Morgan fingerprint density at radius 2 is 1.60 bits per heavy atom. The van der Waals surface area contributed by atoms with Crippen LogP contribution in [-0.4, -0.2) is 35.5 Å². The van der Waals surface area contributed by atoms with Crippen molar-refractivity contribution in [3.05, 3.63) is 84.2 Å². The van der Waals surface area contributed by atoms with Crippen LogP contribution in [0.25, 0.3) is 5.69 Å². The summed E-state index contributed by atoms with van der Waals surface area (Å²) in [5.41, 5.74) is 4.20. The molecule has 25 heavy (non-hydrogen) atoms. The lowest BCUT2D eigenvalue weighted by Gasteiger charge is -2.21. The van der Waals surface area contributed by atoms with Crippen molar-refractivity contribution in [3.8, 4) is 5.69 Å². The molecule has 2 aromatic carbocycles. The normalized spacial score (nSPS) is 14.1. The van der Waals surface area contributed by atoms with Gasteiger partial charge in [0.15, 0.2) is 0 Å². The molecule has 3 aromatic rings. The molecule has 1 aliphatic heterocycles. The van der Waals surface area contributed by atoms with E-state index in [0.29, 0.717) is 6.54 Å². The molecule has 0 radical (unpaired) electrons. The first-order valence-corrected chi connectivity index (χ1v) is 8.54. The van der Waals surface area contributed by atoms with E-state index in [-0.39, 0.29) is 5.91 Å². The molecule has 4 nitrogen and oxygen atoms in total. The van der Waals surface area contributed by atoms with Crippen molar-refractivity contribution in [2.24, 2.45) is 0 Å². The van der Waals surface area contributed by atoms with Crippen LogP contribution in [0.2, 0.25) is 0 Å². The Balaban J connectivity index is 1.57. The van der Waals surface area contributed by atoms with Crippen molar-refractivity contribution >= 4 is 11.6 Å². The highest BCUT2D eigenvalue weighted by atomic mass is 16.2. The van der Waals surface area contributed by atoms with E-state index in [1.54, 1.807) is 0 Å². The van der Waals surface area contributed by atoms with Crippen molar-refractivity contribution in [1.29, 1.82) is 0 Å². The van der Waals surface area contributed by atoms with E-state index < -0.39 is 0 Å². The average molecular weight is 331 g/mol. The van der Waals surface area contributed by atoms with Crippen LogP contribution < -0.4 is 4.90 Å². The van der Waals surface area contributed by atoms with Crippen molar-refractivity contribution in [3.63, 3.8) is 0 Å². The zero-order valence-electron chi connectivity index (χ0n) is 14.3. The third kappa shape index (κ3) is 3.03. The molecule has 0 saturated heterocycles. The number of amides is 1. The number of aromatic nitrogens is 1. The largest absolute Gasteiger partial charge is 0.373 e. The topological polar surface area (TPSA) is 28.5 Å². The molecule has 0 bridgehead atoms. The number of likely N-dealkylation sites (N-methyl/N-ethyl adjacent to an activating group) is 1. The Labute approximate surface area is 147 Å². The molecule has 2 heterocycles. The molecular formula is C21H21N3O. The summed E-state index contributed by atoms with van der Waals surface area (Å²) in [6.07, 6.45) is 4.00. The Morgan fingerprint density at radius 1 is 0.880 bits per heavy atom. The lowest BCUT2D eigenvalue weighted by molar-refractivity contribution is 0.0752. The zero-order valence-corrected chi connectivity index (χ0v) is 14.3. The maximum atomic E-state index is 13.0. The summed E-state index contributed by atoms with van der Waals surface area (Å²) < 4.78 is 2.03. The first kappa shape index (κ1) is 15.5. The van der Waals surface area contributed by atoms with Crippen molar-refractivity contribution in [2.45, 2.75) is 6.54 Å². The van der Waals surface area contributed by atoms with E-state index in [1.807, 2.05) is 70.4 Å². The van der Waals surface area contributed by atoms with E-state index in [2.05, 4.69) is 24.1 Å². The minimum absolute atomic E-state index is 0.0872. The van der Waals surface area contributed by atoms with Crippen molar-refractivity contribution in [1.82, 2.24) is 9.47 Å². The maximum Gasteiger partial charge on any atom is 0.254 e. The summed E-state index contributed by atoms with van der Waals surface area (Å²) in [6.45, 7) is 2.21. The Hall–Kier alpha value is -3.01. The van der Waals surface area contributed by atoms with E-state index >= 15 is 0 Å². The van der Waals surface area contributed by atoms with E-state index in [4.69, 9.17) is 0 Å². The van der Waals surface area contributed by atoms with Gasteiger partial charge in [-0.1, -0.05) is 18.2 Å². The third-order valence-electron chi connectivity index (χ3n) is 4.77. The van der Waals surface area contributed by atoms with Gasteiger partial charge in [0, 0.05) is 56.0 Å². The molecule has 126 valence electrons. The van der Waals surface area contributed by atoms with Gasteiger partial charge < -0.3 is 14.4 Å². The molecule has 0 N–H and O–H groups in total. The van der Waals surface area contributed by atoms with Crippen LogP contribution in [-0.2, 0) is 6.54 Å². The van der Waals surface area contributed by atoms with Crippen LogP contribution in [0.5, 0.6) is 0 Å². The van der Waals surface area contributed by atoms with Crippen LogP contribution in [0.1, 0.15) is 15.9 Å². The third-order valence-corrected chi connectivity index (χ3v) is 4.77. The number of benzene rings is 2. The van der Waals surface area contributed by atoms with Gasteiger partial charge in [-0.25, -0.2) is 0 Å². The summed E-state index contributed by atoms with van der Waals surface area (Å²) in [7, 11) is 2.08. The molecule has 0 aliphatic carbocycles. The standard InChI is InChI=1S/C21H21N3O/c1-22-14-15-24(16-18-6-2-3-7-20(18)22)21(25)17-8-10-19(11-9-17)23-12-4-5-13-23/h2-13H,14-16H2,1H3.